The summed E-state index contributed by atoms with van der Waals surface area (Å²) >= 11 is 5.81. The van der Waals surface area contributed by atoms with Crippen molar-refractivity contribution >= 4 is 27.3 Å². The van der Waals surface area contributed by atoms with E-state index in [4.69, 9.17) is 22.1 Å². The van der Waals surface area contributed by atoms with Gasteiger partial charge in [0.2, 0.25) is 10.0 Å². The lowest BCUT2D eigenvalue weighted by Gasteiger charge is -2.18. The molecule has 8 heteroatoms. The van der Waals surface area contributed by atoms with Crippen molar-refractivity contribution in [1.82, 2.24) is 4.31 Å². The first kappa shape index (κ1) is 16.5. The van der Waals surface area contributed by atoms with Gasteiger partial charge in [-0.25, -0.2) is 12.8 Å². The maximum Gasteiger partial charge on any atom is 0.244 e. The van der Waals surface area contributed by atoms with Crippen molar-refractivity contribution in [3.05, 3.63) is 23.0 Å². The zero-order valence-electron chi connectivity index (χ0n) is 11.7. The lowest BCUT2D eigenvalue weighted by atomic mass is 10.3. The average Bonchev–Trinajstić information content (AvgIpc) is 3.22. The zero-order valence-corrected chi connectivity index (χ0v) is 13.3. The minimum Gasteiger partial charge on any atom is -0.396 e. The summed E-state index contributed by atoms with van der Waals surface area (Å²) in [6, 6.07) is 1.94. The number of sulfonamides is 1. The molecular weight excluding hydrogens is 319 g/mol. The smallest absolute Gasteiger partial charge is 0.244 e. The predicted octanol–water partition coefficient (Wildman–Crippen LogP) is 2.11. The molecular formula is C13H18ClFN2O3S. The molecule has 2 N–H and O–H groups in total. The Morgan fingerprint density at radius 3 is 2.76 bits per heavy atom. The van der Waals surface area contributed by atoms with Crippen LogP contribution < -0.4 is 5.73 Å². The maximum atomic E-state index is 13.2. The number of hydrogen-bond donors (Lipinski definition) is 1. The topological polar surface area (TPSA) is 72.6 Å². The molecule has 0 unspecified atom stereocenters. The van der Waals surface area contributed by atoms with E-state index in [1.54, 1.807) is 0 Å². The average molecular weight is 337 g/mol. The van der Waals surface area contributed by atoms with Crippen LogP contribution >= 0.6 is 11.6 Å². The Morgan fingerprint density at radius 1 is 1.48 bits per heavy atom. The standard InChI is InChI=1S/C13H18ClFN2O3S/c1-17(4-5-20-8-9-2-3-9)21(18,19)13-7-12(16)11(15)6-10(13)14/h6-7,9H,2-5,8,16H2,1H3. The Bertz CT molecular complexity index is 620. The molecule has 0 bridgehead atoms. The molecule has 2 rings (SSSR count). The number of halogens is 2. The molecule has 0 heterocycles. The largest absolute Gasteiger partial charge is 0.396 e. The quantitative estimate of drug-likeness (QED) is 0.611. The summed E-state index contributed by atoms with van der Waals surface area (Å²) in [6.45, 7) is 1.17. The highest BCUT2D eigenvalue weighted by molar-refractivity contribution is 7.89. The van der Waals surface area contributed by atoms with Crippen LogP contribution in [0.2, 0.25) is 5.02 Å². The third-order valence-corrected chi connectivity index (χ3v) is 5.66. The normalized spacial score (nSPS) is 15.6. The van der Waals surface area contributed by atoms with E-state index in [9.17, 15) is 12.8 Å². The Hall–Kier alpha value is -0.890. The molecule has 1 aromatic rings. The zero-order chi connectivity index (χ0) is 15.6. The molecule has 0 radical (unpaired) electrons. The molecule has 0 saturated heterocycles. The number of benzene rings is 1. The summed E-state index contributed by atoms with van der Waals surface area (Å²) in [5.41, 5.74) is 5.15. The Kier molecular flexibility index (Phi) is 5.08. The van der Waals surface area contributed by atoms with Gasteiger partial charge in [0, 0.05) is 20.2 Å². The summed E-state index contributed by atoms with van der Waals surface area (Å²) < 4.78 is 44.5. The molecule has 118 valence electrons. The third-order valence-electron chi connectivity index (χ3n) is 3.34. The highest BCUT2D eigenvalue weighted by Crippen LogP contribution is 2.29. The lowest BCUT2D eigenvalue weighted by molar-refractivity contribution is 0.117. The summed E-state index contributed by atoms with van der Waals surface area (Å²) in [5.74, 6) is -0.118. The molecule has 1 saturated carbocycles. The fourth-order valence-electron chi connectivity index (χ4n) is 1.76. The Balaban J connectivity index is 2.03. The molecule has 1 aromatic carbocycles. The Morgan fingerprint density at radius 2 is 2.14 bits per heavy atom. The van der Waals surface area contributed by atoms with E-state index >= 15 is 0 Å². The number of anilines is 1. The second-order valence-electron chi connectivity index (χ2n) is 5.15. The first-order chi connectivity index (χ1) is 9.82. The van der Waals surface area contributed by atoms with E-state index in [-0.39, 0.29) is 22.2 Å². The minimum atomic E-state index is -3.82. The molecule has 21 heavy (non-hydrogen) atoms. The summed E-state index contributed by atoms with van der Waals surface area (Å²) in [7, 11) is -2.40. The van der Waals surface area contributed by atoms with Gasteiger partial charge in [-0.1, -0.05) is 11.6 Å². The van der Waals surface area contributed by atoms with Crippen LogP contribution in [0, 0.1) is 11.7 Å². The number of nitrogens with zero attached hydrogens (tertiary/aromatic N) is 1. The SMILES string of the molecule is CN(CCOCC1CC1)S(=O)(=O)c1cc(N)c(F)cc1Cl. The van der Waals surface area contributed by atoms with Gasteiger partial charge in [-0.2, -0.15) is 4.31 Å². The number of likely N-dealkylation sites (N-methyl/N-ethyl adjacent to an activating group) is 1. The van der Waals surface area contributed by atoms with Crippen LogP contribution in [0.15, 0.2) is 17.0 Å². The van der Waals surface area contributed by atoms with Gasteiger partial charge < -0.3 is 10.5 Å². The van der Waals surface area contributed by atoms with Crippen molar-refractivity contribution in [3.63, 3.8) is 0 Å². The van der Waals surface area contributed by atoms with Crippen molar-refractivity contribution in [2.75, 3.05) is 32.5 Å². The molecule has 0 aromatic heterocycles. The van der Waals surface area contributed by atoms with Crippen LogP contribution in [-0.4, -0.2) is 39.5 Å². The number of ether oxygens (including phenoxy) is 1. The van der Waals surface area contributed by atoms with Gasteiger partial charge >= 0.3 is 0 Å². The van der Waals surface area contributed by atoms with Gasteiger partial charge in [0.25, 0.3) is 0 Å². The molecule has 1 fully saturated rings. The third kappa shape index (κ3) is 4.06. The fourth-order valence-corrected chi connectivity index (χ4v) is 3.43. The fraction of sp³-hybridized carbons (Fsp3) is 0.538. The van der Waals surface area contributed by atoms with Gasteiger partial charge in [0.1, 0.15) is 10.7 Å². The van der Waals surface area contributed by atoms with E-state index in [2.05, 4.69) is 0 Å². The number of rotatable bonds is 7. The second kappa shape index (κ2) is 6.48. The molecule has 0 atom stereocenters. The molecule has 1 aliphatic carbocycles. The monoisotopic (exact) mass is 336 g/mol. The van der Waals surface area contributed by atoms with Crippen molar-refractivity contribution in [3.8, 4) is 0 Å². The van der Waals surface area contributed by atoms with Crippen LogP contribution in [0.4, 0.5) is 10.1 Å². The lowest BCUT2D eigenvalue weighted by Crippen LogP contribution is -2.30. The van der Waals surface area contributed by atoms with E-state index < -0.39 is 15.8 Å². The molecule has 0 aliphatic heterocycles. The van der Waals surface area contributed by atoms with Gasteiger partial charge in [0.15, 0.2) is 0 Å². The van der Waals surface area contributed by atoms with E-state index in [0.717, 1.165) is 16.4 Å². The molecule has 1 aliphatic rings. The molecule has 0 amide bonds. The van der Waals surface area contributed by atoms with Gasteiger partial charge in [-0.15, -0.1) is 0 Å². The van der Waals surface area contributed by atoms with Gasteiger partial charge in [0.05, 0.1) is 17.3 Å². The van der Waals surface area contributed by atoms with E-state index in [0.29, 0.717) is 19.1 Å². The Labute approximate surface area is 128 Å². The highest BCUT2D eigenvalue weighted by Gasteiger charge is 2.25. The minimum absolute atomic E-state index is 0.188. The van der Waals surface area contributed by atoms with E-state index in [1.165, 1.54) is 19.9 Å². The highest BCUT2D eigenvalue weighted by atomic mass is 35.5. The number of hydrogen-bond acceptors (Lipinski definition) is 4. The number of nitrogen functional groups attached to an aromatic ring is 1. The maximum absolute atomic E-state index is 13.2. The van der Waals surface area contributed by atoms with Crippen LogP contribution in [0.5, 0.6) is 0 Å². The summed E-state index contributed by atoms with van der Waals surface area (Å²) in [5, 5.41) is -0.188. The van der Waals surface area contributed by atoms with Gasteiger partial charge in [-0.3, -0.25) is 0 Å². The first-order valence-corrected chi connectivity index (χ1v) is 8.42. The van der Waals surface area contributed by atoms with Crippen molar-refractivity contribution < 1.29 is 17.5 Å². The van der Waals surface area contributed by atoms with Crippen molar-refractivity contribution in [1.29, 1.82) is 0 Å². The van der Waals surface area contributed by atoms with E-state index in [1.807, 2.05) is 0 Å². The summed E-state index contributed by atoms with van der Waals surface area (Å²) in [6.07, 6.45) is 2.36. The van der Waals surface area contributed by atoms with Crippen LogP contribution in [0.3, 0.4) is 0 Å². The molecule has 0 spiro atoms. The van der Waals surface area contributed by atoms with Crippen molar-refractivity contribution in [2.24, 2.45) is 5.92 Å². The summed E-state index contributed by atoms with van der Waals surface area (Å²) in [4.78, 5) is -0.201. The van der Waals surface area contributed by atoms with Crippen LogP contribution in [0.25, 0.3) is 0 Å². The van der Waals surface area contributed by atoms with Crippen LogP contribution in [-0.2, 0) is 14.8 Å². The van der Waals surface area contributed by atoms with Crippen molar-refractivity contribution in [2.45, 2.75) is 17.7 Å². The number of nitrogens with two attached hydrogens (primary N) is 1. The predicted molar refractivity (Wildman–Crippen MR) is 79.2 cm³/mol. The first-order valence-electron chi connectivity index (χ1n) is 6.61. The van der Waals surface area contributed by atoms with Gasteiger partial charge in [-0.05, 0) is 30.9 Å². The van der Waals surface area contributed by atoms with Crippen LogP contribution in [0.1, 0.15) is 12.8 Å². The molecule has 5 nitrogen and oxygen atoms in total. The second-order valence-corrected chi connectivity index (χ2v) is 7.57.